The minimum Gasteiger partial charge on any atom is -0.376 e. The summed E-state index contributed by atoms with van der Waals surface area (Å²) in [6, 6.07) is 0. The van der Waals surface area contributed by atoms with E-state index in [2.05, 4.69) is 6.92 Å². The third-order valence-electron chi connectivity index (χ3n) is 1.98. The van der Waals surface area contributed by atoms with Crippen LogP contribution in [0.4, 0.5) is 0 Å². The lowest BCUT2D eigenvalue weighted by atomic mass is 10.1. The average Bonchev–Trinajstić information content (AvgIpc) is 2.17. The molecule has 0 amide bonds. The lowest BCUT2D eigenvalue weighted by Gasteiger charge is -2.13. The highest BCUT2D eigenvalue weighted by molar-refractivity contribution is 6.18. The van der Waals surface area contributed by atoms with Crippen LogP contribution in [0.2, 0.25) is 0 Å². The minimum absolute atomic E-state index is 0.206. The van der Waals surface area contributed by atoms with E-state index in [-0.39, 0.29) is 6.10 Å². The second kappa shape index (κ2) is 10.6. The van der Waals surface area contributed by atoms with Crippen molar-refractivity contribution < 1.29 is 4.74 Å². The number of alkyl halides is 2. The highest BCUT2D eigenvalue weighted by Gasteiger charge is 2.06. The predicted octanol–water partition coefficient (Wildman–Crippen LogP) is 3.82. The molecule has 0 bridgehead atoms. The maximum atomic E-state index is 5.75. The normalized spacial score (nSPS) is 13.2. The summed E-state index contributed by atoms with van der Waals surface area (Å²) in [7, 11) is 0. The molecule has 0 heterocycles. The van der Waals surface area contributed by atoms with Crippen molar-refractivity contribution in [3.8, 4) is 0 Å². The van der Waals surface area contributed by atoms with Gasteiger partial charge in [0.05, 0.1) is 12.7 Å². The Morgan fingerprint density at radius 3 is 2.46 bits per heavy atom. The number of unbranched alkanes of at least 4 members (excludes halogenated alkanes) is 3. The average molecular weight is 227 g/mol. The van der Waals surface area contributed by atoms with Crippen molar-refractivity contribution in [2.45, 2.75) is 45.1 Å². The van der Waals surface area contributed by atoms with Gasteiger partial charge in [0.2, 0.25) is 0 Å². The fourth-order valence-corrected chi connectivity index (χ4v) is 1.55. The fourth-order valence-electron chi connectivity index (χ4n) is 1.22. The molecule has 0 rings (SSSR count). The molecule has 0 N–H and O–H groups in total. The molecule has 0 saturated carbocycles. The van der Waals surface area contributed by atoms with Gasteiger partial charge in [-0.05, 0) is 6.42 Å². The largest absolute Gasteiger partial charge is 0.376 e. The maximum Gasteiger partial charge on any atom is 0.0710 e. The van der Waals surface area contributed by atoms with Crippen LogP contribution in [0.5, 0.6) is 0 Å². The van der Waals surface area contributed by atoms with Crippen LogP contribution in [-0.4, -0.2) is 24.5 Å². The molecule has 13 heavy (non-hydrogen) atoms. The Hall–Kier alpha value is 0.540. The molecule has 0 aromatic carbocycles. The Balaban J connectivity index is 3.25. The van der Waals surface area contributed by atoms with E-state index in [0.29, 0.717) is 18.4 Å². The zero-order valence-electron chi connectivity index (χ0n) is 8.40. The fraction of sp³-hybridized carbons (Fsp3) is 1.00. The first kappa shape index (κ1) is 13.5. The van der Waals surface area contributed by atoms with Gasteiger partial charge in [0, 0.05) is 11.8 Å². The number of ether oxygens (including phenoxy) is 1. The van der Waals surface area contributed by atoms with Gasteiger partial charge >= 0.3 is 0 Å². The highest BCUT2D eigenvalue weighted by Crippen LogP contribution is 2.09. The summed E-state index contributed by atoms with van der Waals surface area (Å²) in [4.78, 5) is 0. The first-order valence-corrected chi connectivity index (χ1v) is 6.15. The maximum absolute atomic E-state index is 5.75. The number of halogens is 2. The zero-order valence-corrected chi connectivity index (χ0v) is 9.91. The van der Waals surface area contributed by atoms with Crippen LogP contribution < -0.4 is 0 Å². The molecule has 0 radical (unpaired) electrons. The monoisotopic (exact) mass is 226 g/mol. The number of hydrogen-bond acceptors (Lipinski definition) is 1. The van der Waals surface area contributed by atoms with Gasteiger partial charge in [0.25, 0.3) is 0 Å². The molecule has 0 spiro atoms. The Labute approximate surface area is 91.7 Å². The molecule has 0 fully saturated rings. The van der Waals surface area contributed by atoms with Gasteiger partial charge in [-0.3, -0.25) is 0 Å². The molecule has 0 aromatic heterocycles. The topological polar surface area (TPSA) is 9.23 Å². The van der Waals surface area contributed by atoms with Crippen molar-refractivity contribution in [1.29, 1.82) is 0 Å². The third-order valence-corrected chi connectivity index (χ3v) is 2.48. The summed E-state index contributed by atoms with van der Waals surface area (Å²) in [6.45, 7) is 2.83. The van der Waals surface area contributed by atoms with Crippen LogP contribution in [0.15, 0.2) is 0 Å². The van der Waals surface area contributed by atoms with Gasteiger partial charge in [-0.25, -0.2) is 0 Å². The van der Waals surface area contributed by atoms with Crippen LogP contribution in [0.25, 0.3) is 0 Å². The van der Waals surface area contributed by atoms with E-state index < -0.39 is 0 Å². The van der Waals surface area contributed by atoms with Crippen molar-refractivity contribution in [3.63, 3.8) is 0 Å². The zero-order chi connectivity index (χ0) is 9.94. The van der Waals surface area contributed by atoms with Crippen molar-refractivity contribution in [3.05, 3.63) is 0 Å². The second-order valence-electron chi connectivity index (χ2n) is 3.19. The van der Waals surface area contributed by atoms with E-state index in [0.717, 1.165) is 6.42 Å². The minimum atomic E-state index is 0.206. The molecule has 0 aliphatic heterocycles. The molecular formula is C10H20Cl2O. The van der Waals surface area contributed by atoms with Crippen LogP contribution >= 0.6 is 23.2 Å². The number of hydrogen-bond donors (Lipinski definition) is 0. The van der Waals surface area contributed by atoms with Gasteiger partial charge in [0.1, 0.15) is 0 Å². The predicted molar refractivity (Wildman–Crippen MR) is 59.9 cm³/mol. The summed E-state index contributed by atoms with van der Waals surface area (Å²) >= 11 is 11.3. The van der Waals surface area contributed by atoms with Crippen molar-refractivity contribution in [2.24, 2.45) is 0 Å². The van der Waals surface area contributed by atoms with Gasteiger partial charge in [-0.15, -0.1) is 23.2 Å². The molecule has 1 atom stereocenters. The summed E-state index contributed by atoms with van der Waals surface area (Å²) in [5.41, 5.74) is 0. The van der Waals surface area contributed by atoms with E-state index in [1.165, 1.54) is 25.7 Å². The van der Waals surface area contributed by atoms with Gasteiger partial charge in [-0.1, -0.05) is 32.6 Å². The van der Waals surface area contributed by atoms with Crippen molar-refractivity contribution in [2.75, 3.05) is 18.4 Å². The first-order valence-electron chi connectivity index (χ1n) is 5.08. The smallest absolute Gasteiger partial charge is 0.0710 e. The van der Waals surface area contributed by atoms with E-state index in [4.69, 9.17) is 27.9 Å². The molecule has 80 valence electrons. The molecule has 1 unspecified atom stereocenters. The van der Waals surface area contributed by atoms with Gasteiger partial charge in [0.15, 0.2) is 0 Å². The summed E-state index contributed by atoms with van der Waals surface area (Å²) < 4.78 is 5.46. The molecule has 3 heteroatoms. The van der Waals surface area contributed by atoms with E-state index >= 15 is 0 Å². The van der Waals surface area contributed by atoms with Crippen LogP contribution in [0.3, 0.4) is 0 Å². The lowest BCUT2D eigenvalue weighted by Crippen LogP contribution is -2.16. The van der Waals surface area contributed by atoms with E-state index in [1.54, 1.807) is 0 Å². The quantitative estimate of drug-likeness (QED) is 0.429. The van der Waals surface area contributed by atoms with Crippen LogP contribution in [-0.2, 0) is 4.74 Å². The molecule has 0 aliphatic rings. The Bertz CT molecular complexity index is 98.9. The van der Waals surface area contributed by atoms with E-state index in [9.17, 15) is 0 Å². The molecule has 0 saturated heterocycles. The van der Waals surface area contributed by atoms with E-state index in [1.807, 2.05) is 0 Å². The SMILES string of the molecule is CCCCCCC(CCl)OCCCl. The summed E-state index contributed by atoms with van der Waals surface area (Å²) in [5.74, 6) is 1.14. The highest BCUT2D eigenvalue weighted by atomic mass is 35.5. The number of rotatable bonds is 9. The summed E-state index contributed by atoms with van der Waals surface area (Å²) in [5, 5.41) is 0. The van der Waals surface area contributed by atoms with Gasteiger partial charge in [-0.2, -0.15) is 0 Å². The Morgan fingerprint density at radius 2 is 1.92 bits per heavy atom. The standard InChI is InChI=1S/C10H20Cl2O/c1-2-3-4-5-6-10(9-12)13-8-7-11/h10H,2-9H2,1H3. The van der Waals surface area contributed by atoms with Crippen molar-refractivity contribution in [1.82, 2.24) is 0 Å². The first-order chi connectivity index (χ1) is 6.35. The third kappa shape index (κ3) is 8.86. The Morgan fingerprint density at radius 1 is 1.15 bits per heavy atom. The molecular weight excluding hydrogens is 207 g/mol. The summed E-state index contributed by atoms with van der Waals surface area (Å²) in [6.07, 6.45) is 6.36. The second-order valence-corrected chi connectivity index (χ2v) is 3.87. The lowest BCUT2D eigenvalue weighted by molar-refractivity contribution is 0.0721. The van der Waals surface area contributed by atoms with Crippen molar-refractivity contribution >= 4 is 23.2 Å². The molecule has 0 aliphatic carbocycles. The molecule has 1 nitrogen and oxygen atoms in total. The van der Waals surface area contributed by atoms with Gasteiger partial charge < -0.3 is 4.74 Å². The molecule has 0 aromatic rings. The van der Waals surface area contributed by atoms with Crippen LogP contribution in [0, 0.1) is 0 Å². The Kier molecular flexibility index (Phi) is 11.1. The van der Waals surface area contributed by atoms with Crippen LogP contribution in [0.1, 0.15) is 39.0 Å².